The Bertz CT molecular complexity index is 1490. The zero-order valence-corrected chi connectivity index (χ0v) is 25.1. The maximum atomic E-state index is 14.4. The number of aryl methyl sites for hydroxylation is 2. The van der Waals surface area contributed by atoms with Gasteiger partial charge in [-0.2, -0.15) is 0 Å². The monoisotopic (exact) mass is 613 g/mol. The molecular formula is C32H39F2N4O4S+. The number of aliphatic hydroxyl groups is 1. The van der Waals surface area contributed by atoms with Gasteiger partial charge in [-0.15, -0.1) is 0 Å². The van der Waals surface area contributed by atoms with Crippen LogP contribution in [0.3, 0.4) is 0 Å². The third-order valence-electron chi connectivity index (χ3n) is 8.09. The molecule has 1 aliphatic rings. The Kier molecular flexibility index (Phi) is 10.4. The van der Waals surface area contributed by atoms with Crippen LogP contribution in [0.2, 0.25) is 0 Å². The summed E-state index contributed by atoms with van der Waals surface area (Å²) in [6.07, 6.45) is 2.04. The van der Waals surface area contributed by atoms with Crippen LogP contribution in [0.25, 0.3) is 0 Å². The molecule has 43 heavy (non-hydrogen) atoms. The molecule has 1 aromatic heterocycles. The van der Waals surface area contributed by atoms with Crippen molar-refractivity contribution < 1.29 is 28.3 Å². The molecule has 1 heterocycles. The predicted octanol–water partition coefficient (Wildman–Crippen LogP) is 3.80. The molecule has 1 aliphatic carbocycles. The molecule has 11 heteroatoms. The summed E-state index contributed by atoms with van der Waals surface area (Å²) >= 11 is 1.33. The fraction of sp³-hybridized carbons (Fsp3) is 0.406. The topological polar surface area (TPSA) is 150 Å². The number of benzene rings is 2. The van der Waals surface area contributed by atoms with Gasteiger partial charge < -0.3 is 22.3 Å². The molecule has 0 bridgehead atoms. The number of halogens is 2. The van der Waals surface area contributed by atoms with E-state index < -0.39 is 46.0 Å². The first-order valence-electron chi connectivity index (χ1n) is 14.5. The number of fused-ring (bicyclic) bond motifs is 1. The lowest BCUT2D eigenvalue weighted by Crippen LogP contribution is -2.60. The van der Waals surface area contributed by atoms with Crippen molar-refractivity contribution in [3.63, 3.8) is 0 Å². The predicted molar refractivity (Wildman–Crippen MR) is 163 cm³/mol. The molecule has 3 aromatic rings. The van der Waals surface area contributed by atoms with Crippen LogP contribution in [0.15, 0.2) is 42.5 Å². The van der Waals surface area contributed by atoms with Crippen molar-refractivity contribution in [3.8, 4) is 0 Å². The van der Waals surface area contributed by atoms with E-state index in [1.807, 2.05) is 31.2 Å². The van der Waals surface area contributed by atoms with Crippen molar-refractivity contribution in [2.75, 3.05) is 6.54 Å². The molecule has 0 radical (unpaired) electrons. The number of aliphatic hydroxyl groups excluding tert-OH is 1. The number of carbonyl (C=O) groups is 3. The van der Waals surface area contributed by atoms with Gasteiger partial charge in [0.2, 0.25) is 10.9 Å². The van der Waals surface area contributed by atoms with Gasteiger partial charge in [-0.3, -0.25) is 9.59 Å². The summed E-state index contributed by atoms with van der Waals surface area (Å²) in [5, 5.41) is 12.0. The molecule has 7 N–H and O–H groups in total. The minimum absolute atomic E-state index is 0.0590. The van der Waals surface area contributed by atoms with E-state index in [0.29, 0.717) is 11.4 Å². The van der Waals surface area contributed by atoms with Crippen LogP contribution in [-0.4, -0.2) is 41.5 Å². The zero-order chi connectivity index (χ0) is 31.3. The number of primary amides is 2. The fourth-order valence-corrected chi connectivity index (χ4v) is 7.47. The SMILES string of the molecule is CCc1cccc(C[N+](C[C@@H](O)[C@@H](N)Cc2cc(F)cc(F)c2)(C(=O)CCC(N)=O)c2sc3c(c2C(N)=O)CCCC3)c1. The van der Waals surface area contributed by atoms with E-state index in [9.17, 15) is 28.3 Å². The first-order chi connectivity index (χ1) is 20.4. The minimum atomic E-state index is -1.35. The van der Waals surface area contributed by atoms with Crippen LogP contribution >= 0.6 is 11.3 Å². The summed E-state index contributed by atoms with van der Waals surface area (Å²) in [4.78, 5) is 40.2. The van der Waals surface area contributed by atoms with Crippen LogP contribution in [0.1, 0.15) is 70.1 Å². The largest absolute Gasteiger partial charge is 0.386 e. The molecule has 0 saturated carbocycles. The van der Waals surface area contributed by atoms with Gasteiger partial charge in [0.05, 0.1) is 6.42 Å². The second-order valence-corrected chi connectivity index (χ2v) is 12.4. The average molecular weight is 614 g/mol. The maximum Gasteiger partial charge on any atom is 0.320 e. The lowest BCUT2D eigenvalue weighted by molar-refractivity contribution is -0.134. The second kappa shape index (κ2) is 13.9. The smallest absolute Gasteiger partial charge is 0.320 e. The Morgan fingerprint density at radius 1 is 0.977 bits per heavy atom. The third-order valence-corrected chi connectivity index (χ3v) is 9.53. The Morgan fingerprint density at radius 3 is 2.30 bits per heavy atom. The van der Waals surface area contributed by atoms with Crippen LogP contribution in [0, 0.1) is 11.6 Å². The molecule has 2 aromatic carbocycles. The third kappa shape index (κ3) is 7.53. The lowest BCUT2D eigenvalue weighted by Gasteiger charge is -2.38. The Balaban J connectivity index is 1.87. The number of rotatable bonds is 13. The van der Waals surface area contributed by atoms with Crippen LogP contribution in [0.4, 0.5) is 13.8 Å². The summed E-state index contributed by atoms with van der Waals surface area (Å²) < 4.78 is 27.3. The van der Waals surface area contributed by atoms with Gasteiger partial charge in [0.25, 0.3) is 5.91 Å². The van der Waals surface area contributed by atoms with Gasteiger partial charge in [-0.25, -0.2) is 18.1 Å². The number of hydrogen-bond donors (Lipinski definition) is 4. The summed E-state index contributed by atoms with van der Waals surface area (Å²) in [6.45, 7) is 1.81. The number of nitrogens with zero attached hydrogens (tertiary/aromatic N) is 1. The summed E-state index contributed by atoms with van der Waals surface area (Å²) in [5.74, 6) is -3.30. The van der Waals surface area contributed by atoms with Crippen molar-refractivity contribution in [3.05, 3.63) is 86.8 Å². The van der Waals surface area contributed by atoms with Crippen molar-refractivity contribution >= 4 is 34.1 Å². The van der Waals surface area contributed by atoms with Gasteiger partial charge in [-0.1, -0.05) is 42.5 Å². The molecule has 0 aliphatic heterocycles. The molecule has 230 valence electrons. The molecule has 0 fully saturated rings. The fourth-order valence-electron chi connectivity index (χ4n) is 5.92. The molecule has 8 nitrogen and oxygen atoms in total. The van der Waals surface area contributed by atoms with E-state index in [0.717, 1.165) is 65.4 Å². The first kappa shape index (κ1) is 32.4. The molecule has 0 saturated heterocycles. The lowest BCUT2D eigenvalue weighted by atomic mass is 9.94. The van der Waals surface area contributed by atoms with Crippen molar-refractivity contribution in [2.45, 2.75) is 77.0 Å². The number of hydrogen-bond acceptors (Lipinski definition) is 6. The number of nitrogens with two attached hydrogens (primary N) is 3. The van der Waals surface area contributed by atoms with Gasteiger partial charge >= 0.3 is 5.91 Å². The quantitative estimate of drug-likeness (QED) is 0.216. The summed E-state index contributed by atoms with van der Waals surface area (Å²) in [7, 11) is 0. The van der Waals surface area contributed by atoms with Crippen molar-refractivity contribution in [1.82, 2.24) is 4.48 Å². The van der Waals surface area contributed by atoms with E-state index >= 15 is 0 Å². The first-order valence-corrected chi connectivity index (χ1v) is 15.3. The molecule has 4 rings (SSSR count). The van der Waals surface area contributed by atoms with Gasteiger partial charge in [-0.05, 0) is 67.3 Å². The van der Waals surface area contributed by atoms with Crippen LogP contribution in [-0.2, 0) is 41.8 Å². The minimum Gasteiger partial charge on any atom is -0.386 e. The van der Waals surface area contributed by atoms with Gasteiger partial charge in [0.1, 0.15) is 36.4 Å². The van der Waals surface area contributed by atoms with Crippen LogP contribution < -0.4 is 21.7 Å². The van der Waals surface area contributed by atoms with Gasteiger partial charge in [0.15, 0.2) is 0 Å². The molecule has 1 unspecified atom stereocenters. The van der Waals surface area contributed by atoms with Gasteiger partial charge in [0, 0.05) is 29.0 Å². The zero-order valence-electron chi connectivity index (χ0n) is 24.3. The van der Waals surface area contributed by atoms with E-state index in [2.05, 4.69) is 0 Å². The molecule has 0 spiro atoms. The molecular weight excluding hydrogens is 574 g/mol. The number of thiophene rings is 1. The number of carbonyl (C=O) groups excluding carboxylic acids is 3. The van der Waals surface area contributed by atoms with E-state index in [4.69, 9.17) is 17.2 Å². The van der Waals surface area contributed by atoms with E-state index in [1.165, 1.54) is 11.3 Å². The Labute approximate surface area is 254 Å². The highest BCUT2D eigenvalue weighted by Gasteiger charge is 2.47. The summed E-state index contributed by atoms with van der Waals surface area (Å²) in [5.41, 5.74) is 21.0. The highest BCUT2D eigenvalue weighted by atomic mass is 32.1. The molecule has 3 atom stereocenters. The van der Waals surface area contributed by atoms with Crippen molar-refractivity contribution in [2.24, 2.45) is 17.2 Å². The van der Waals surface area contributed by atoms with E-state index in [1.54, 1.807) is 0 Å². The number of amides is 3. The molecule has 3 amide bonds. The van der Waals surface area contributed by atoms with Crippen molar-refractivity contribution in [1.29, 1.82) is 0 Å². The Hall–Kier alpha value is -3.51. The standard InChI is InChI=1S/C32H38F2N4O4S/c1-2-19-6-5-7-20(12-19)17-38(29(41)11-10-28(36)40,32-30(31(37)42)24-8-3-4-9-27(24)43-32)18-26(39)25(35)15-21-13-22(33)16-23(34)14-21/h5-7,12-14,16,25-26,39H,2-4,8-11,15,17-18,35H2,1H3,(H3-,36,37,40,42)/p+1/t25-,26+,38?/m0/s1. The normalized spacial score (nSPS) is 15.7. The summed E-state index contributed by atoms with van der Waals surface area (Å²) in [6, 6.07) is 9.70. The average Bonchev–Trinajstić information content (AvgIpc) is 3.35. The van der Waals surface area contributed by atoms with E-state index in [-0.39, 0.29) is 43.5 Å². The maximum absolute atomic E-state index is 14.4. The van der Waals surface area contributed by atoms with Crippen LogP contribution in [0.5, 0.6) is 0 Å². The highest BCUT2D eigenvalue weighted by molar-refractivity contribution is 7.16. The highest BCUT2D eigenvalue weighted by Crippen LogP contribution is 2.45. The second-order valence-electron chi connectivity index (χ2n) is 11.3. The number of quaternary nitrogens is 1. The Morgan fingerprint density at radius 2 is 1.65 bits per heavy atom.